The molecule has 0 unspecified atom stereocenters. The van der Waals surface area contributed by atoms with Gasteiger partial charge in [-0.2, -0.15) is 26.3 Å². The molecule has 0 aliphatic rings. The summed E-state index contributed by atoms with van der Waals surface area (Å²) in [7, 11) is 0. The zero-order chi connectivity index (χ0) is 15.0. The van der Waals surface area contributed by atoms with Crippen LogP contribution in [0.25, 0.3) is 0 Å². The average molecular weight is 320 g/mol. The van der Waals surface area contributed by atoms with Gasteiger partial charge in [-0.3, -0.25) is 4.18 Å². The standard InChI is InChI=1S/C5H3F11OS/c6-2(7)4(10,11)5(12,13)3(8,9)1-17-18(14,15)16/h2H,1H2. The van der Waals surface area contributed by atoms with E-state index in [-0.39, 0.29) is 0 Å². The SMILES string of the molecule is FC(F)C(F)(F)C(F)(F)C(F)(F)COS(F)(F)F. The molecule has 0 aromatic rings. The molecule has 0 aromatic heterocycles. The lowest BCUT2D eigenvalue weighted by Crippen LogP contribution is -2.59. The third-order valence-electron chi connectivity index (χ3n) is 1.53. The highest BCUT2D eigenvalue weighted by Gasteiger charge is 2.75. The summed E-state index contributed by atoms with van der Waals surface area (Å²) in [6.07, 6.45) is -5.18. The van der Waals surface area contributed by atoms with Gasteiger partial charge in [0, 0.05) is 0 Å². The lowest BCUT2D eigenvalue weighted by Gasteiger charge is -2.32. The van der Waals surface area contributed by atoms with Crippen molar-refractivity contribution in [3.8, 4) is 0 Å². The molecular weight excluding hydrogens is 317 g/mol. The lowest BCUT2D eigenvalue weighted by atomic mass is 10.1. The lowest BCUT2D eigenvalue weighted by molar-refractivity contribution is -0.342. The van der Waals surface area contributed by atoms with Crippen molar-refractivity contribution in [2.24, 2.45) is 0 Å². The van der Waals surface area contributed by atoms with E-state index in [1.807, 2.05) is 0 Å². The minimum atomic E-state index is -6.70. The Morgan fingerprint density at radius 2 is 1.28 bits per heavy atom. The third kappa shape index (κ3) is 3.52. The zero-order valence-electron chi connectivity index (χ0n) is 7.76. The first-order valence-electron chi connectivity index (χ1n) is 3.63. The molecule has 0 saturated carbocycles. The van der Waals surface area contributed by atoms with Gasteiger partial charge in [-0.25, -0.2) is 8.78 Å². The zero-order valence-corrected chi connectivity index (χ0v) is 8.58. The van der Waals surface area contributed by atoms with Crippen molar-refractivity contribution in [1.82, 2.24) is 0 Å². The van der Waals surface area contributed by atoms with Crippen LogP contribution >= 0.6 is 11.5 Å². The summed E-state index contributed by atoms with van der Waals surface area (Å²) in [4.78, 5) is 0. The average Bonchev–Trinajstić information content (AvgIpc) is 2.13. The summed E-state index contributed by atoms with van der Waals surface area (Å²) in [6.45, 7) is -3.18. The van der Waals surface area contributed by atoms with Crippen molar-refractivity contribution in [2.45, 2.75) is 24.2 Å². The van der Waals surface area contributed by atoms with E-state index in [0.717, 1.165) is 0 Å². The topological polar surface area (TPSA) is 9.23 Å². The van der Waals surface area contributed by atoms with Gasteiger partial charge < -0.3 is 0 Å². The van der Waals surface area contributed by atoms with Crippen molar-refractivity contribution in [3.63, 3.8) is 0 Å². The fraction of sp³-hybridized carbons (Fsp3) is 1.00. The number of hydrogen-bond acceptors (Lipinski definition) is 1. The van der Waals surface area contributed by atoms with Gasteiger partial charge >= 0.3 is 35.7 Å². The highest BCUT2D eigenvalue weighted by Crippen LogP contribution is 2.56. The van der Waals surface area contributed by atoms with Crippen LogP contribution < -0.4 is 0 Å². The summed E-state index contributed by atoms with van der Waals surface area (Å²) in [6, 6.07) is 0. The first-order valence-corrected chi connectivity index (χ1v) is 4.89. The van der Waals surface area contributed by atoms with Crippen molar-refractivity contribution in [1.29, 1.82) is 0 Å². The highest BCUT2D eigenvalue weighted by molar-refractivity contribution is 8.16. The van der Waals surface area contributed by atoms with Crippen molar-refractivity contribution in [3.05, 3.63) is 0 Å². The van der Waals surface area contributed by atoms with Crippen LogP contribution in [0.1, 0.15) is 0 Å². The van der Waals surface area contributed by atoms with Crippen LogP contribution in [-0.4, -0.2) is 30.8 Å². The fourth-order valence-electron chi connectivity index (χ4n) is 0.612. The van der Waals surface area contributed by atoms with Crippen molar-refractivity contribution >= 4 is 11.5 Å². The van der Waals surface area contributed by atoms with E-state index in [1.54, 1.807) is 0 Å². The van der Waals surface area contributed by atoms with Gasteiger partial charge in [0.15, 0.2) is 0 Å². The van der Waals surface area contributed by atoms with Gasteiger partial charge in [-0.1, -0.05) is 11.7 Å². The van der Waals surface area contributed by atoms with Gasteiger partial charge in [-0.05, 0) is 0 Å². The van der Waals surface area contributed by atoms with E-state index in [0.29, 0.717) is 0 Å². The van der Waals surface area contributed by atoms with Gasteiger partial charge in [0.1, 0.15) is 6.61 Å². The van der Waals surface area contributed by atoms with E-state index in [4.69, 9.17) is 0 Å². The maximum atomic E-state index is 12.4. The van der Waals surface area contributed by atoms with E-state index in [9.17, 15) is 46.8 Å². The molecule has 1 nitrogen and oxygen atoms in total. The van der Waals surface area contributed by atoms with E-state index < -0.39 is 42.3 Å². The number of hydrogen-bond donors (Lipinski definition) is 0. The highest BCUT2D eigenvalue weighted by atomic mass is 32.4. The van der Waals surface area contributed by atoms with Gasteiger partial charge in [0.05, 0.1) is 0 Å². The molecule has 0 N–H and O–H groups in total. The first kappa shape index (κ1) is 17.5. The van der Waals surface area contributed by atoms with Crippen molar-refractivity contribution < 1.29 is 51.0 Å². The molecule has 0 aliphatic carbocycles. The molecule has 0 aliphatic heterocycles. The molecule has 0 bridgehead atoms. The van der Waals surface area contributed by atoms with Crippen LogP contribution in [0.3, 0.4) is 0 Å². The quantitative estimate of drug-likeness (QED) is 0.653. The normalized spacial score (nSPS) is 16.2. The Labute approximate surface area is 94.3 Å². The fourth-order valence-corrected chi connectivity index (χ4v) is 0.894. The summed E-state index contributed by atoms with van der Waals surface area (Å²) < 4.78 is 133. The van der Waals surface area contributed by atoms with E-state index in [1.165, 1.54) is 0 Å². The van der Waals surface area contributed by atoms with Crippen LogP contribution in [-0.2, 0) is 4.18 Å². The minimum Gasteiger partial charge on any atom is -0.254 e. The summed E-state index contributed by atoms with van der Waals surface area (Å²) in [5.41, 5.74) is 0. The largest absolute Gasteiger partial charge is 0.380 e. The Balaban J connectivity index is 5.08. The van der Waals surface area contributed by atoms with Crippen LogP contribution in [0.2, 0.25) is 0 Å². The molecule has 0 rings (SSSR count). The molecular formula is C5H3F11OS. The molecule has 0 atom stereocenters. The molecule has 0 aromatic carbocycles. The smallest absolute Gasteiger partial charge is 0.254 e. The van der Waals surface area contributed by atoms with Gasteiger partial charge in [0.2, 0.25) is 0 Å². The molecule has 13 heteroatoms. The van der Waals surface area contributed by atoms with Crippen LogP contribution in [0.15, 0.2) is 0 Å². The van der Waals surface area contributed by atoms with E-state index >= 15 is 0 Å². The molecule has 0 amide bonds. The van der Waals surface area contributed by atoms with Gasteiger partial charge in [0.25, 0.3) is 0 Å². The van der Waals surface area contributed by atoms with Gasteiger partial charge in [-0.15, -0.1) is 0 Å². The Bertz CT molecular complexity index is 284. The molecule has 112 valence electrons. The number of rotatable bonds is 6. The Hall–Kier alpha value is -0.460. The minimum absolute atomic E-state index is 2.33. The van der Waals surface area contributed by atoms with Crippen molar-refractivity contribution in [2.75, 3.05) is 6.61 Å². The van der Waals surface area contributed by atoms with Crippen LogP contribution in [0.4, 0.5) is 46.8 Å². The summed E-state index contributed by atoms with van der Waals surface area (Å²) >= 11 is -6.63. The van der Waals surface area contributed by atoms with E-state index in [2.05, 4.69) is 4.18 Å². The molecule has 0 saturated heterocycles. The second kappa shape index (κ2) is 4.90. The predicted octanol–water partition coefficient (Wildman–Crippen LogP) is 4.55. The van der Waals surface area contributed by atoms with Crippen LogP contribution in [0, 0.1) is 0 Å². The molecule has 0 fully saturated rings. The molecule has 0 radical (unpaired) electrons. The summed E-state index contributed by atoms with van der Waals surface area (Å²) in [5, 5.41) is 0. The number of alkyl halides is 8. The summed E-state index contributed by atoms with van der Waals surface area (Å²) in [5.74, 6) is -19.3. The molecule has 0 spiro atoms. The third-order valence-corrected chi connectivity index (χ3v) is 1.91. The predicted molar refractivity (Wildman–Crippen MR) is 37.7 cm³/mol. The monoisotopic (exact) mass is 320 g/mol. The maximum absolute atomic E-state index is 12.4. The number of halogens is 11. The maximum Gasteiger partial charge on any atom is 0.380 e. The Morgan fingerprint density at radius 3 is 1.56 bits per heavy atom. The Kier molecular flexibility index (Phi) is 4.78. The molecule has 0 heterocycles. The van der Waals surface area contributed by atoms with Crippen LogP contribution in [0.5, 0.6) is 0 Å². The first-order chi connectivity index (χ1) is 7.65. The second-order valence-corrected chi connectivity index (χ2v) is 3.79. The second-order valence-electron chi connectivity index (χ2n) is 2.83. The Morgan fingerprint density at radius 1 is 0.889 bits per heavy atom. The molecule has 18 heavy (non-hydrogen) atoms.